The summed E-state index contributed by atoms with van der Waals surface area (Å²) >= 11 is 5.19. The topological polar surface area (TPSA) is 24.9 Å². The first kappa shape index (κ1) is 12.3. The van der Waals surface area contributed by atoms with E-state index in [-0.39, 0.29) is 0 Å². The predicted octanol–water partition coefficient (Wildman–Crippen LogP) is 3.77. The van der Waals surface area contributed by atoms with E-state index in [9.17, 15) is 0 Å². The van der Waals surface area contributed by atoms with Crippen LogP contribution in [0.15, 0.2) is 39.6 Å². The summed E-state index contributed by atoms with van der Waals surface area (Å²) in [7, 11) is 0. The Balaban J connectivity index is 1.90. The number of hydrogen-bond acceptors (Lipinski definition) is 3. The van der Waals surface area contributed by atoms with E-state index < -0.39 is 0 Å². The number of halogens is 1. The van der Waals surface area contributed by atoms with Crippen molar-refractivity contribution in [2.24, 2.45) is 0 Å². The summed E-state index contributed by atoms with van der Waals surface area (Å²) in [6.45, 7) is 2.14. The van der Waals surface area contributed by atoms with Gasteiger partial charge in [0.1, 0.15) is 0 Å². The number of rotatable bonds is 2. The Hall–Kier alpha value is -0.710. The second kappa shape index (κ2) is 5.51. The largest absolute Gasteiger partial charge is 0.316 e. The third-order valence-corrected chi connectivity index (χ3v) is 4.74. The van der Waals surface area contributed by atoms with E-state index in [1.54, 1.807) is 11.3 Å². The Morgan fingerprint density at radius 2 is 2.06 bits per heavy atom. The highest BCUT2D eigenvalue weighted by atomic mass is 79.9. The lowest BCUT2D eigenvalue weighted by molar-refractivity contribution is 0.399. The SMILES string of the molecule is Brc1ccc(C2CNCCC2c2cscn2)cc1. The minimum absolute atomic E-state index is 0.536. The highest BCUT2D eigenvalue weighted by Gasteiger charge is 2.28. The molecule has 0 amide bonds. The molecule has 2 atom stereocenters. The Kier molecular flexibility index (Phi) is 3.77. The quantitative estimate of drug-likeness (QED) is 0.910. The van der Waals surface area contributed by atoms with Crippen molar-refractivity contribution < 1.29 is 0 Å². The van der Waals surface area contributed by atoms with Gasteiger partial charge in [0.05, 0.1) is 11.2 Å². The molecule has 1 fully saturated rings. The number of benzene rings is 1. The molecule has 94 valence electrons. The van der Waals surface area contributed by atoms with Gasteiger partial charge in [-0.3, -0.25) is 0 Å². The van der Waals surface area contributed by atoms with Gasteiger partial charge < -0.3 is 5.32 Å². The molecule has 0 radical (unpaired) electrons. The molecule has 0 bridgehead atoms. The van der Waals surface area contributed by atoms with Crippen LogP contribution in [-0.4, -0.2) is 18.1 Å². The maximum Gasteiger partial charge on any atom is 0.0794 e. The zero-order valence-corrected chi connectivity index (χ0v) is 12.4. The molecule has 1 N–H and O–H groups in total. The number of hydrogen-bond donors (Lipinski definition) is 1. The second-order valence-corrected chi connectivity index (χ2v) is 6.31. The molecule has 2 unspecified atom stereocenters. The van der Waals surface area contributed by atoms with Crippen LogP contribution >= 0.6 is 27.3 Å². The average molecular weight is 323 g/mol. The zero-order chi connectivity index (χ0) is 12.4. The highest BCUT2D eigenvalue weighted by molar-refractivity contribution is 9.10. The predicted molar refractivity (Wildman–Crippen MR) is 79.2 cm³/mol. The minimum atomic E-state index is 0.536. The lowest BCUT2D eigenvalue weighted by atomic mass is 9.80. The molecule has 0 saturated carbocycles. The van der Waals surface area contributed by atoms with Crippen molar-refractivity contribution in [2.75, 3.05) is 13.1 Å². The molecule has 18 heavy (non-hydrogen) atoms. The van der Waals surface area contributed by atoms with Crippen molar-refractivity contribution in [3.8, 4) is 0 Å². The van der Waals surface area contributed by atoms with E-state index in [2.05, 4.69) is 55.9 Å². The molecule has 2 nitrogen and oxygen atoms in total. The maximum absolute atomic E-state index is 4.51. The fourth-order valence-electron chi connectivity index (χ4n) is 2.68. The van der Waals surface area contributed by atoms with Crippen molar-refractivity contribution in [2.45, 2.75) is 18.3 Å². The molecule has 1 aliphatic rings. The van der Waals surface area contributed by atoms with Crippen LogP contribution in [0.4, 0.5) is 0 Å². The van der Waals surface area contributed by atoms with E-state index in [4.69, 9.17) is 0 Å². The van der Waals surface area contributed by atoms with E-state index in [1.807, 2.05) is 5.51 Å². The van der Waals surface area contributed by atoms with Crippen LogP contribution < -0.4 is 5.32 Å². The molecule has 1 saturated heterocycles. The summed E-state index contributed by atoms with van der Waals surface area (Å²) in [6.07, 6.45) is 1.17. The van der Waals surface area contributed by atoms with Gasteiger partial charge in [-0.25, -0.2) is 4.98 Å². The Morgan fingerprint density at radius 1 is 1.22 bits per heavy atom. The van der Waals surface area contributed by atoms with Crippen LogP contribution in [0.1, 0.15) is 29.5 Å². The maximum atomic E-state index is 4.51. The summed E-state index contributed by atoms with van der Waals surface area (Å²) in [5.74, 6) is 1.09. The minimum Gasteiger partial charge on any atom is -0.316 e. The van der Waals surface area contributed by atoms with Gasteiger partial charge in [-0.15, -0.1) is 11.3 Å². The van der Waals surface area contributed by atoms with Gasteiger partial charge in [0.15, 0.2) is 0 Å². The lowest BCUT2D eigenvalue weighted by Crippen LogP contribution is -2.34. The first-order chi connectivity index (χ1) is 8.84. The van der Waals surface area contributed by atoms with Crippen LogP contribution in [0.3, 0.4) is 0 Å². The first-order valence-corrected chi connectivity index (χ1v) is 7.92. The Labute approximate surface area is 120 Å². The molecular weight excluding hydrogens is 308 g/mol. The van der Waals surface area contributed by atoms with Crippen LogP contribution in [0.5, 0.6) is 0 Å². The Bertz CT molecular complexity index is 495. The molecule has 2 aromatic rings. The fourth-order valence-corrected chi connectivity index (χ4v) is 3.56. The lowest BCUT2D eigenvalue weighted by Gasteiger charge is -2.31. The van der Waals surface area contributed by atoms with E-state index in [0.29, 0.717) is 11.8 Å². The molecule has 1 aliphatic heterocycles. The zero-order valence-electron chi connectivity index (χ0n) is 9.97. The fraction of sp³-hybridized carbons (Fsp3) is 0.357. The standard InChI is InChI=1S/C14H15BrN2S/c15-11-3-1-10(2-4-11)13-7-16-6-5-12(13)14-8-18-9-17-14/h1-4,8-9,12-13,16H,5-7H2. The number of thiazole rings is 1. The van der Waals surface area contributed by atoms with E-state index in [0.717, 1.165) is 17.6 Å². The number of nitrogens with zero attached hydrogens (tertiary/aromatic N) is 1. The van der Waals surface area contributed by atoms with Crippen molar-refractivity contribution in [1.29, 1.82) is 0 Å². The van der Waals surface area contributed by atoms with Crippen LogP contribution in [-0.2, 0) is 0 Å². The van der Waals surface area contributed by atoms with Crippen molar-refractivity contribution >= 4 is 27.3 Å². The van der Waals surface area contributed by atoms with Crippen molar-refractivity contribution in [3.05, 3.63) is 50.9 Å². The van der Waals surface area contributed by atoms with Crippen molar-refractivity contribution in [3.63, 3.8) is 0 Å². The summed E-state index contributed by atoms with van der Waals surface area (Å²) in [6, 6.07) is 8.70. The third-order valence-electron chi connectivity index (χ3n) is 3.61. The molecule has 1 aromatic carbocycles. The second-order valence-electron chi connectivity index (χ2n) is 4.67. The van der Waals surface area contributed by atoms with E-state index >= 15 is 0 Å². The molecule has 1 aromatic heterocycles. The molecule has 3 rings (SSSR count). The van der Waals surface area contributed by atoms with Gasteiger partial charge in [0, 0.05) is 28.2 Å². The van der Waals surface area contributed by atoms with Gasteiger partial charge in [0.2, 0.25) is 0 Å². The summed E-state index contributed by atoms with van der Waals surface area (Å²) < 4.78 is 1.14. The third kappa shape index (κ3) is 2.51. The van der Waals surface area contributed by atoms with E-state index in [1.165, 1.54) is 17.7 Å². The number of piperidine rings is 1. The van der Waals surface area contributed by atoms with Gasteiger partial charge in [-0.05, 0) is 30.7 Å². The number of nitrogens with one attached hydrogen (secondary N) is 1. The van der Waals surface area contributed by atoms with Gasteiger partial charge in [-0.2, -0.15) is 0 Å². The summed E-state index contributed by atoms with van der Waals surface area (Å²) in [5.41, 5.74) is 4.61. The number of aromatic nitrogens is 1. The molecule has 2 heterocycles. The monoisotopic (exact) mass is 322 g/mol. The summed E-state index contributed by atoms with van der Waals surface area (Å²) in [4.78, 5) is 4.51. The summed E-state index contributed by atoms with van der Waals surface area (Å²) in [5, 5.41) is 5.70. The molecule has 0 spiro atoms. The molecule has 0 aliphatic carbocycles. The Morgan fingerprint density at radius 3 is 2.78 bits per heavy atom. The van der Waals surface area contributed by atoms with Crippen LogP contribution in [0.25, 0.3) is 0 Å². The first-order valence-electron chi connectivity index (χ1n) is 6.19. The average Bonchev–Trinajstić information content (AvgIpc) is 2.93. The van der Waals surface area contributed by atoms with Gasteiger partial charge in [0.25, 0.3) is 0 Å². The smallest absolute Gasteiger partial charge is 0.0794 e. The molecule has 4 heteroatoms. The van der Waals surface area contributed by atoms with Crippen LogP contribution in [0.2, 0.25) is 0 Å². The molecular formula is C14H15BrN2S. The normalized spacial score (nSPS) is 24.1. The van der Waals surface area contributed by atoms with Crippen molar-refractivity contribution in [1.82, 2.24) is 10.3 Å². The highest BCUT2D eigenvalue weighted by Crippen LogP contribution is 2.37. The van der Waals surface area contributed by atoms with Gasteiger partial charge in [-0.1, -0.05) is 28.1 Å². The van der Waals surface area contributed by atoms with Gasteiger partial charge >= 0.3 is 0 Å². The van der Waals surface area contributed by atoms with Crippen LogP contribution in [0, 0.1) is 0 Å².